The van der Waals surface area contributed by atoms with Crippen molar-refractivity contribution in [2.24, 2.45) is 12.8 Å². The molecule has 0 amide bonds. The normalized spacial score (nSPS) is 13.4. The molecule has 15 heavy (non-hydrogen) atoms. The topological polar surface area (TPSA) is 53.1 Å². The molecule has 1 rings (SSSR count). The van der Waals surface area contributed by atoms with Gasteiger partial charge in [0.1, 0.15) is 6.61 Å². The van der Waals surface area contributed by atoms with Gasteiger partial charge in [0.05, 0.1) is 6.20 Å². The molecule has 0 saturated heterocycles. The van der Waals surface area contributed by atoms with Crippen molar-refractivity contribution in [3.63, 3.8) is 0 Å². The van der Waals surface area contributed by atoms with Gasteiger partial charge in [-0.2, -0.15) is 5.10 Å². The molecule has 1 atom stereocenters. The third kappa shape index (κ3) is 4.35. The quantitative estimate of drug-likeness (QED) is 0.729. The van der Waals surface area contributed by atoms with Crippen LogP contribution in [0.2, 0.25) is 0 Å². The van der Waals surface area contributed by atoms with Gasteiger partial charge in [0.2, 0.25) is 0 Å². The van der Waals surface area contributed by atoms with Crippen molar-refractivity contribution in [1.82, 2.24) is 9.78 Å². The van der Waals surface area contributed by atoms with Gasteiger partial charge in [-0.1, -0.05) is 0 Å². The highest BCUT2D eigenvalue weighted by molar-refractivity contribution is 5.08. The van der Waals surface area contributed by atoms with Crippen LogP contribution in [0.25, 0.3) is 0 Å². The number of hydrogen-bond donors (Lipinski definition) is 1. The largest absolute Gasteiger partial charge is 0.375 e. The molecule has 0 aliphatic carbocycles. The highest BCUT2D eigenvalue weighted by Crippen LogP contribution is 2.12. The number of aromatic nitrogens is 2. The molecule has 1 aromatic rings. The fraction of sp³-hybridized carbons (Fsp3) is 0.667. The van der Waals surface area contributed by atoms with Crippen molar-refractivity contribution in [1.29, 1.82) is 0 Å². The minimum Gasteiger partial charge on any atom is -0.375 e. The summed E-state index contributed by atoms with van der Waals surface area (Å²) in [7, 11) is 1.80. The van der Waals surface area contributed by atoms with Crippen LogP contribution >= 0.6 is 0 Å². The molecule has 2 N–H and O–H groups in total. The second-order valence-corrected chi connectivity index (χ2v) is 3.31. The molecule has 1 heterocycles. The maximum absolute atomic E-state index is 11.7. The Kier molecular flexibility index (Phi) is 4.64. The highest BCUT2D eigenvalue weighted by atomic mass is 19.3. The summed E-state index contributed by atoms with van der Waals surface area (Å²) in [5, 5.41) is 3.97. The van der Waals surface area contributed by atoms with Gasteiger partial charge >= 0.3 is 0 Å². The van der Waals surface area contributed by atoms with Crippen LogP contribution in [-0.4, -0.2) is 29.4 Å². The number of nitrogens with two attached hydrogens (primary N) is 1. The number of nitrogens with zero attached hydrogens (tertiary/aromatic N) is 2. The van der Waals surface area contributed by atoms with Gasteiger partial charge in [-0.3, -0.25) is 4.68 Å². The fourth-order valence-electron chi connectivity index (χ4n) is 1.18. The number of hydrogen-bond acceptors (Lipinski definition) is 3. The summed E-state index contributed by atoms with van der Waals surface area (Å²) in [6.07, 6.45) is 1.56. The molecule has 0 saturated carbocycles. The number of ether oxygens (including phenoxy) is 1. The zero-order valence-corrected chi connectivity index (χ0v) is 8.57. The molecule has 86 valence electrons. The molecule has 0 radical (unpaired) electrons. The van der Waals surface area contributed by atoms with Crippen LogP contribution in [0.1, 0.15) is 18.0 Å². The van der Waals surface area contributed by atoms with Crippen molar-refractivity contribution in [3.8, 4) is 0 Å². The Morgan fingerprint density at radius 3 is 2.87 bits per heavy atom. The second-order valence-electron chi connectivity index (χ2n) is 3.31. The van der Waals surface area contributed by atoms with Crippen LogP contribution < -0.4 is 5.73 Å². The lowest BCUT2D eigenvalue weighted by Crippen LogP contribution is -2.14. The first-order valence-electron chi connectivity index (χ1n) is 4.69. The Morgan fingerprint density at radius 1 is 1.60 bits per heavy atom. The van der Waals surface area contributed by atoms with E-state index in [1.54, 1.807) is 24.1 Å². The summed E-state index contributed by atoms with van der Waals surface area (Å²) in [6, 6.07) is -0.212. The first-order chi connectivity index (χ1) is 7.09. The zero-order chi connectivity index (χ0) is 11.3. The van der Waals surface area contributed by atoms with Crippen molar-refractivity contribution in [2.75, 3.05) is 13.2 Å². The molecule has 6 heteroatoms. The molecule has 1 aromatic heterocycles. The summed E-state index contributed by atoms with van der Waals surface area (Å²) >= 11 is 0. The van der Waals surface area contributed by atoms with Gasteiger partial charge < -0.3 is 10.5 Å². The van der Waals surface area contributed by atoms with E-state index < -0.39 is 13.0 Å². The summed E-state index contributed by atoms with van der Waals surface area (Å²) < 4.78 is 29.8. The van der Waals surface area contributed by atoms with Crippen LogP contribution in [0.15, 0.2) is 12.4 Å². The van der Waals surface area contributed by atoms with E-state index in [1.807, 2.05) is 0 Å². The Bertz CT molecular complexity index is 291. The van der Waals surface area contributed by atoms with Crippen LogP contribution in [0.4, 0.5) is 8.78 Å². The van der Waals surface area contributed by atoms with Crippen molar-refractivity contribution in [3.05, 3.63) is 18.0 Å². The maximum atomic E-state index is 11.7. The summed E-state index contributed by atoms with van der Waals surface area (Å²) in [5.74, 6) is 0. The van der Waals surface area contributed by atoms with E-state index in [2.05, 4.69) is 5.10 Å². The second kappa shape index (κ2) is 5.77. The van der Waals surface area contributed by atoms with Crippen LogP contribution in [0.3, 0.4) is 0 Å². The van der Waals surface area contributed by atoms with Gasteiger partial charge in [0.15, 0.2) is 0 Å². The first-order valence-corrected chi connectivity index (χ1v) is 4.69. The Morgan fingerprint density at radius 2 is 2.33 bits per heavy atom. The van der Waals surface area contributed by atoms with E-state index in [0.29, 0.717) is 6.42 Å². The Hall–Kier alpha value is -1.01. The molecule has 0 aliphatic heterocycles. The van der Waals surface area contributed by atoms with E-state index in [9.17, 15) is 8.78 Å². The molecule has 4 nitrogen and oxygen atoms in total. The standard InChI is InChI=1S/C9H15F2N3O/c1-14-5-7(4-13-14)8(12)2-3-15-6-9(10)11/h4-5,8-9H,2-3,6,12H2,1H3. The minimum absolute atomic E-state index is 0.212. The molecular formula is C9H15F2N3O. The fourth-order valence-corrected chi connectivity index (χ4v) is 1.18. The smallest absolute Gasteiger partial charge is 0.261 e. The van der Waals surface area contributed by atoms with Gasteiger partial charge in [0.25, 0.3) is 6.43 Å². The maximum Gasteiger partial charge on any atom is 0.261 e. The van der Waals surface area contributed by atoms with Crippen LogP contribution in [0, 0.1) is 0 Å². The lowest BCUT2D eigenvalue weighted by Gasteiger charge is -2.09. The molecule has 1 unspecified atom stereocenters. The minimum atomic E-state index is -2.42. The van der Waals surface area contributed by atoms with E-state index in [4.69, 9.17) is 10.5 Å². The monoisotopic (exact) mass is 219 g/mol. The molecule has 0 bridgehead atoms. The van der Waals surface area contributed by atoms with Gasteiger partial charge in [-0.05, 0) is 6.42 Å². The summed E-state index contributed by atoms with van der Waals surface area (Å²) in [6.45, 7) is -0.292. The lowest BCUT2D eigenvalue weighted by molar-refractivity contribution is 0.0152. The lowest BCUT2D eigenvalue weighted by atomic mass is 10.1. The number of halogens is 2. The SMILES string of the molecule is Cn1cc(C(N)CCOCC(F)F)cn1. The third-order valence-electron chi connectivity index (χ3n) is 1.97. The first kappa shape index (κ1) is 12.1. The third-order valence-corrected chi connectivity index (χ3v) is 1.97. The predicted octanol–water partition coefficient (Wildman–Crippen LogP) is 1.09. The molecule has 0 aromatic carbocycles. The number of rotatable bonds is 6. The summed E-state index contributed by atoms with van der Waals surface area (Å²) in [4.78, 5) is 0. The highest BCUT2D eigenvalue weighted by Gasteiger charge is 2.08. The molecule has 0 spiro atoms. The average Bonchev–Trinajstić information content (AvgIpc) is 2.59. The van der Waals surface area contributed by atoms with E-state index in [-0.39, 0.29) is 12.6 Å². The van der Waals surface area contributed by atoms with Crippen LogP contribution in [-0.2, 0) is 11.8 Å². The average molecular weight is 219 g/mol. The van der Waals surface area contributed by atoms with E-state index in [1.165, 1.54) is 0 Å². The number of alkyl halides is 2. The van der Waals surface area contributed by atoms with Crippen molar-refractivity contribution >= 4 is 0 Å². The summed E-state index contributed by atoms with van der Waals surface area (Å²) in [5.41, 5.74) is 6.69. The van der Waals surface area contributed by atoms with E-state index >= 15 is 0 Å². The number of aryl methyl sites for hydroxylation is 1. The van der Waals surface area contributed by atoms with Crippen molar-refractivity contribution < 1.29 is 13.5 Å². The Labute approximate surface area is 87.0 Å². The Balaban J connectivity index is 2.21. The molecular weight excluding hydrogens is 204 g/mol. The molecule has 0 fully saturated rings. The molecule has 0 aliphatic rings. The van der Waals surface area contributed by atoms with Gasteiger partial charge in [0, 0.05) is 31.5 Å². The zero-order valence-electron chi connectivity index (χ0n) is 8.57. The predicted molar refractivity (Wildman–Crippen MR) is 51.6 cm³/mol. The van der Waals surface area contributed by atoms with E-state index in [0.717, 1.165) is 5.56 Å². The van der Waals surface area contributed by atoms with Crippen LogP contribution in [0.5, 0.6) is 0 Å². The van der Waals surface area contributed by atoms with Gasteiger partial charge in [-0.15, -0.1) is 0 Å². The van der Waals surface area contributed by atoms with Gasteiger partial charge in [-0.25, -0.2) is 8.78 Å². The van der Waals surface area contributed by atoms with Crippen molar-refractivity contribution in [2.45, 2.75) is 18.9 Å².